The van der Waals surface area contributed by atoms with Gasteiger partial charge in [-0.2, -0.15) is 0 Å². The van der Waals surface area contributed by atoms with E-state index in [9.17, 15) is 9.59 Å². The fourth-order valence-electron chi connectivity index (χ4n) is 2.66. The third-order valence-corrected chi connectivity index (χ3v) is 4.17. The molecule has 0 aliphatic rings. The van der Waals surface area contributed by atoms with Gasteiger partial charge in [-0.15, -0.1) is 0 Å². The van der Waals surface area contributed by atoms with Crippen molar-refractivity contribution in [2.45, 2.75) is 32.7 Å². The molecule has 26 heavy (non-hydrogen) atoms. The highest BCUT2D eigenvalue weighted by Gasteiger charge is 2.23. The number of nitrogens with two attached hydrogens (primary N) is 1. The van der Waals surface area contributed by atoms with Gasteiger partial charge in [0.15, 0.2) is 0 Å². The van der Waals surface area contributed by atoms with Crippen LogP contribution in [-0.2, 0) is 22.4 Å². The molecule has 2 amide bonds. The predicted octanol–water partition coefficient (Wildman–Crippen LogP) is 2.31. The second-order valence-corrected chi connectivity index (χ2v) is 6.73. The molecule has 0 saturated carbocycles. The number of nitrogens with one attached hydrogen (secondary N) is 2. The third kappa shape index (κ3) is 6.24. The van der Waals surface area contributed by atoms with Crippen molar-refractivity contribution in [2.24, 2.45) is 5.92 Å². The molecule has 0 heterocycles. The van der Waals surface area contributed by atoms with E-state index in [-0.39, 0.29) is 24.2 Å². The molecule has 2 aromatic rings. The van der Waals surface area contributed by atoms with Gasteiger partial charge in [-0.05, 0) is 35.6 Å². The van der Waals surface area contributed by atoms with Crippen LogP contribution in [0.3, 0.4) is 0 Å². The van der Waals surface area contributed by atoms with Crippen molar-refractivity contribution in [3.05, 3.63) is 65.7 Å². The fraction of sp³-hybridized carbons (Fsp3) is 0.333. The second-order valence-electron chi connectivity index (χ2n) is 6.73. The topological polar surface area (TPSA) is 84.2 Å². The number of hydrogen-bond acceptors (Lipinski definition) is 3. The summed E-state index contributed by atoms with van der Waals surface area (Å²) in [5, 5.41) is 5.76. The smallest absolute Gasteiger partial charge is 0.242 e. The molecule has 0 aliphatic carbocycles. The summed E-state index contributed by atoms with van der Waals surface area (Å²) in [6, 6.07) is 16.5. The van der Waals surface area contributed by atoms with Gasteiger partial charge < -0.3 is 16.4 Å². The molecule has 5 nitrogen and oxygen atoms in total. The van der Waals surface area contributed by atoms with Gasteiger partial charge in [-0.3, -0.25) is 9.59 Å². The van der Waals surface area contributed by atoms with Gasteiger partial charge in [0, 0.05) is 12.2 Å². The van der Waals surface area contributed by atoms with E-state index in [0.29, 0.717) is 6.54 Å². The summed E-state index contributed by atoms with van der Waals surface area (Å²) in [6.07, 6.45) is 0.984. The number of anilines is 1. The predicted molar refractivity (Wildman–Crippen MR) is 104 cm³/mol. The first kappa shape index (κ1) is 19.5. The van der Waals surface area contributed by atoms with E-state index < -0.39 is 6.04 Å². The van der Waals surface area contributed by atoms with Gasteiger partial charge in [0.25, 0.3) is 0 Å². The highest BCUT2D eigenvalue weighted by atomic mass is 16.2. The summed E-state index contributed by atoms with van der Waals surface area (Å²) in [6.45, 7) is 4.36. The molecule has 0 aliphatic heterocycles. The van der Waals surface area contributed by atoms with Crippen LogP contribution in [0.1, 0.15) is 25.0 Å². The lowest BCUT2D eigenvalue weighted by atomic mass is 10.0. The van der Waals surface area contributed by atoms with Crippen LogP contribution in [0.4, 0.5) is 5.69 Å². The molecule has 1 atom stereocenters. The van der Waals surface area contributed by atoms with Gasteiger partial charge >= 0.3 is 0 Å². The second kappa shape index (κ2) is 9.61. The zero-order valence-corrected chi connectivity index (χ0v) is 15.4. The molecule has 0 fully saturated rings. The summed E-state index contributed by atoms with van der Waals surface area (Å²) in [5.41, 5.74) is 8.42. The standard InChI is InChI=1S/C21H27N3O2/c1-15(2)20(24-19(25)14-17-6-4-3-5-7-17)21(26)23-13-12-16-8-10-18(22)11-9-16/h3-11,15,20H,12-14,22H2,1-2H3,(H,23,26)(H,24,25). The van der Waals surface area contributed by atoms with Crippen molar-refractivity contribution >= 4 is 17.5 Å². The van der Waals surface area contributed by atoms with Gasteiger partial charge in [0.2, 0.25) is 11.8 Å². The lowest BCUT2D eigenvalue weighted by molar-refractivity contribution is -0.129. The SMILES string of the molecule is CC(C)C(NC(=O)Cc1ccccc1)C(=O)NCCc1ccc(N)cc1. The quantitative estimate of drug-likeness (QED) is 0.637. The van der Waals surface area contributed by atoms with Crippen LogP contribution in [0.2, 0.25) is 0 Å². The van der Waals surface area contributed by atoms with Crippen LogP contribution in [0.15, 0.2) is 54.6 Å². The lowest BCUT2D eigenvalue weighted by Gasteiger charge is -2.22. The average Bonchev–Trinajstić information content (AvgIpc) is 2.62. The molecular formula is C21H27N3O2. The molecule has 0 spiro atoms. The van der Waals surface area contributed by atoms with Crippen molar-refractivity contribution < 1.29 is 9.59 Å². The van der Waals surface area contributed by atoms with E-state index in [1.807, 2.05) is 68.4 Å². The molecule has 0 bridgehead atoms. The minimum Gasteiger partial charge on any atom is -0.399 e. The van der Waals surface area contributed by atoms with Crippen LogP contribution >= 0.6 is 0 Å². The Balaban J connectivity index is 1.84. The minimum atomic E-state index is -0.544. The zero-order valence-electron chi connectivity index (χ0n) is 15.4. The molecule has 1 unspecified atom stereocenters. The highest BCUT2D eigenvalue weighted by Crippen LogP contribution is 2.07. The maximum atomic E-state index is 12.5. The number of hydrogen-bond donors (Lipinski definition) is 3. The fourth-order valence-corrected chi connectivity index (χ4v) is 2.66. The van der Waals surface area contributed by atoms with Crippen molar-refractivity contribution in [2.75, 3.05) is 12.3 Å². The van der Waals surface area contributed by atoms with Gasteiger partial charge in [0.05, 0.1) is 6.42 Å². The Labute approximate surface area is 155 Å². The monoisotopic (exact) mass is 353 g/mol. The summed E-state index contributed by atoms with van der Waals surface area (Å²) in [5.74, 6) is -0.299. The summed E-state index contributed by atoms with van der Waals surface area (Å²) < 4.78 is 0. The Morgan fingerprint density at radius 3 is 2.23 bits per heavy atom. The third-order valence-electron chi connectivity index (χ3n) is 4.17. The van der Waals surface area contributed by atoms with E-state index in [1.54, 1.807) is 0 Å². The van der Waals surface area contributed by atoms with Gasteiger partial charge in [-0.25, -0.2) is 0 Å². The molecule has 2 aromatic carbocycles. The summed E-state index contributed by atoms with van der Waals surface area (Å²) in [7, 11) is 0. The number of carbonyl (C=O) groups is 2. The molecule has 138 valence electrons. The van der Waals surface area contributed by atoms with Crippen LogP contribution in [0, 0.1) is 5.92 Å². The van der Waals surface area contributed by atoms with Crippen LogP contribution in [0.25, 0.3) is 0 Å². The zero-order chi connectivity index (χ0) is 18.9. The Bertz CT molecular complexity index is 712. The van der Waals surface area contributed by atoms with E-state index in [0.717, 1.165) is 23.2 Å². The first-order chi connectivity index (χ1) is 12.5. The number of benzene rings is 2. The van der Waals surface area contributed by atoms with Crippen LogP contribution < -0.4 is 16.4 Å². The van der Waals surface area contributed by atoms with Crippen molar-refractivity contribution in [1.29, 1.82) is 0 Å². The Hall–Kier alpha value is -2.82. The Morgan fingerprint density at radius 1 is 0.962 bits per heavy atom. The average molecular weight is 353 g/mol. The Morgan fingerprint density at radius 2 is 1.62 bits per heavy atom. The van der Waals surface area contributed by atoms with E-state index >= 15 is 0 Å². The molecular weight excluding hydrogens is 326 g/mol. The highest BCUT2D eigenvalue weighted by molar-refractivity contribution is 5.88. The van der Waals surface area contributed by atoms with Crippen molar-refractivity contribution in [3.8, 4) is 0 Å². The lowest BCUT2D eigenvalue weighted by Crippen LogP contribution is -2.50. The molecule has 0 aromatic heterocycles. The molecule has 4 N–H and O–H groups in total. The van der Waals surface area contributed by atoms with Crippen molar-refractivity contribution in [3.63, 3.8) is 0 Å². The first-order valence-corrected chi connectivity index (χ1v) is 8.91. The summed E-state index contributed by atoms with van der Waals surface area (Å²) in [4.78, 5) is 24.7. The molecule has 0 radical (unpaired) electrons. The largest absolute Gasteiger partial charge is 0.399 e. The van der Waals surface area contributed by atoms with E-state index in [2.05, 4.69) is 10.6 Å². The Kier molecular flexibility index (Phi) is 7.21. The normalized spacial score (nSPS) is 11.8. The number of carbonyl (C=O) groups excluding carboxylic acids is 2. The van der Waals surface area contributed by atoms with Gasteiger partial charge in [0.1, 0.15) is 6.04 Å². The molecule has 0 saturated heterocycles. The molecule has 5 heteroatoms. The first-order valence-electron chi connectivity index (χ1n) is 8.91. The maximum Gasteiger partial charge on any atom is 0.242 e. The summed E-state index contributed by atoms with van der Waals surface area (Å²) >= 11 is 0. The van der Waals surface area contributed by atoms with Crippen LogP contribution in [-0.4, -0.2) is 24.4 Å². The number of nitrogen functional groups attached to an aromatic ring is 1. The van der Waals surface area contributed by atoms with E-state index in [1.165, 1.54) is 0 Å². The number of amides is 2. The van der Waals surface area contributed by atoms with Crippen molar-refractivity contribution in [1.82, 2.24) is 10.6 Å². The van der Waals surface area contributed by atoms with Crippen LogP contribution in [0.5, 0.6) is 0 Å². The maximum absolute atomic E-state index is 12.5. The number of rotatable bonds is 8. The minimum absolute atomic E-state index is 0.00578. The molecule has 2 rings (SSSR count). The van der Waals surface area contributed by atoms with Gasteiger partial charge in [-0.1, -0.05) is 56.3 Å². The van der Waals surface area contributed by atoms with E-state index in [4.69, 9.17) is 5.73 Å².